The standard InChI is InChI=1S/C25H28N2O4/c1-14(2)31-17-11-9-16(10-12-17)23-22-20(26-18-7-5-6-8-19(18)27-23)13-15(3)21(24(22)28)25(29)30-4/h5-12,14-15,21,23,26-27H,13H2,1-4H3/t15-,21-,23-/m1/s1. The monoisotopic (exact) mass is 420 g/mol. The van der Waals surface area contributed by atoms with Crippen molar-refractivity contribution in [1.82, 2.24) is 0 Å². The molecule has 0 bridgehead atoms. The zero-order chi connectivity index (χ0) is 22.1. The molecule has 3 atom stereocenters. The molecule has 2 aromatic carbocycles. The second-order valence-electron chi connectivity index (χ2n) is 8.42. The Morgan fingerprint density at radius 1 is 1.06 bits per heavy atom. The molecule has 162 valence electrons. The molecule has 1 aliphatic carbocycles. The minimum Gasteiger partial charge on any atom is -0.491 e. The van der Waals surface area contributed by atoms with E-state index < -0.39 is 17.9 Å². The molecule has 0 spiro atoms. The number of esters is 1. The van der Waals surface area contributed by atoms with Gasteiger partial charge in [0.2, 0.25) is 0 Å². The van der Waals surface area contributed by atoms with Crippen molar-refractivity contribution < 1.29 is 19.1 Å². The van der Waals surface area contributed by atoms with Crippen molar-refractivity contribution in [3.05, 3.63) is 65.4 Å². The number of Topliss-reactive ketones (excluding diaryl/α,β-unsaturated/α-hetero) is 1. The van der Waals surface area contributed by atoms with Gasteiger partial charge in [-0.3, -0.25) is 9.59 Å². The van der Waals surface area contributed by atoms with E-state index in [9.17, 15) is 9.59 Å². The molecular formula is C25H28N2O4. The van der Waals surface area contributed by atoms with Crippen molar-refractivity contribution >= 4 is 23.1 Å². The smallest absolute Gasteiger partial charge is 0.316 e. The van der Waals surface area contributed by atoms with Gasteiger partial charge in [0.25, 0.3) is 0 Å². The van der Waals surface area contributed by atoms with Crippen LogP contribution in [-0.4, -0.2) is 25.0 Å². The number of anilines is 2. The van der Waals surface area contributed by atoms with Crippen molar-refractivity contribution in [3.8, 4) is 5.75 Å². The maximum absolute atomic E-state index is 13.6. The molecule has 2 aliphatic rings. The van der Waals surface area contributed by atoms with Gasteiger partial charge in [-0.1, -0.05) is 31.2 Å². The Bertz CT molecular complexity index is 1030. The summed E-state index contributed by atoms with van der Waals surface area (Å²) in [6.45, 7) is 5.88. The van der Waals surface area contributed by atoms with Crippen LogP contribution < -0.4 is 15.4 Å². The second-order valence-corrected chi connectivity index (χ2v) is 8.42. The van der Waals surface area contributed by atoms with Crippen molar-refractivity contribution in [2.24, 2.45) is 11.8 Å². The van der Waals surface area contributed by atoms with Crippen molar-refractivity contribution in [2.75, 3.05) is 17.7 Å². The molecule has 0 radical (unpaired) electrons. The number of benzene rings is 2. The molecule has 6 heteroatoms. The van der Waals surface area contributed by atoms with Crippen LogP contribution in [0.3, 0.4) is 0 Å². The van der Waals surface area contributed by atoms with E-state index in [2.05, 4.69) is 10.6 Å². The Morgan fingerprint density at radius 3 is 2.39 bits per heavy atom. The number of ether oxygens (including phenoxy) is 2. The van der Waals surface area contributed by atoms with Gasteiger partial charge in [-0.2, -0.15) is 0 Å². The highest BCUT2D eigenvalue weighted by atomic mass is 16.5. The van der Waals surface area contributed by atoms with Crippen molar-refractivity contribution in [1.29, 1.82) is 0 Å². The summed E-state index contributed by atoms with van der Waals surface area (Å²) in [6.07, 6.45) is 0.663. The number of rotatable bonds is 4. The lowest BCUT2D eigenvalue weighted by Gasteiger charge is -2.32. The fourth-order valence-electron chi connectivity index (χ4n) is 4.39. The van der Waals surface area contributed by atoms with Gasteiger partial charge < -0.3 is 20.1 Å². The number of fused-ring (bicyclic) bond motifs is 1. The van der Waals surface area contributed by atoms with Gasteiger partial charge in [0.15, 0.2) is 5.78 Å². The molecule has 2 aromatic rings. The Balaban J connectivity index is 1.80. The average molecular weight is 421 g/mol. The van der Waals surface area contributed by atoms with Crippen LogP contribution in [0.4, 0.5) is 11.4 Å². The van der Waals surface area contributed by atoms with E-state index in [1.54, 1.807) is 0 Å². The van der Waals surface area contributed by atoms with Gasteiger partial charge in [0.05, 0.1) is 30.6 Å². The minimum atomic E-state index is -0.806. The predicted molar refractivity (Wildman–Crippen MR) is 120 cm³/mol. The summed E-state index contributed by atoms with van der Waals surface area (Å²) in [6, 6.07) is 15.2. The minimum absolute atomic E-state index is 0.0782. The first-order chi connectivity index (χ1) is 14.9. The molecule has 0 amide bonds. The van der Waals surface area contributed by atoms with Crippen molar-refractivity contribution in [3.63, 3.8) is 0 Å². The molecule has 1 heterocycles. The summed E-state index contributed by atoms with van der Waals surface area (Å²) >= 11 is 0. The van der Waals surface area contributed by atoms with Crippen LogP contribution in [-0.2, 0) is 14.3 Å². The predicted octanol–water partition coefficient (Wildman–Crippen LogP) is 4.70. The van der Waals surface area contributed by atoms with E-state index in [0.717, 1.165) is 28.4 Å². The first kappa shape index (κ1) is 21.0. The molecule has 0 saturated heterocycles. The summed E-state index contributed by atoms with van der Waals surface area (Å²) in [5.74, 6) is -0.860. The van der Waals surface area contributed by atoms with Crippen LogP contribution in [0.15, 0.2) is 59.8 Å². The van der Waals surface area contributed by atoms with Crippen molar-refractivity contribution in [2.45, 2.75) is 39.3 Å². The summed E-state index contributed by atoms with van der Waals surface area (Å²) in [5, 5.41) is 6.98. The van der Waals surface area contributed by atoms with Gasteiger partial charge in [0, 0.05) is 11.3 Å². The third-order valence-electron chi connectivity index (χ3n) is 5.81. The van der Waals surface area contributed by atoms with Crippen LogP contribution in [0.5, 0.6) is 5.75 Å². The summed E-state index contributed by atoms with van der Waals surface area (Å²) in [7, 11) is 1.33. The lowest BCUT2D eigenvalue weighted by molar-refractivity contribution is -0.151. The van der Waals surface area contributed by atoms with Gasteiger partial charge in [0.1, 0.15) is 11.7 Å². The third kappa shape index (κ3) is 4.02. The summed E-state index contributed by atoms with van der Waals surface area (Å²) < 4.78 is 10.7. The molecule has 6 nitrogen and oxygen atoms in total. The molecular weight excluding hydrogens is 392 g/mol. The van der Waals surface area contributed by atoms with E-state index >= 15 is 0 Å². The second kappa shape index (κ2) is 8.46. The lowest BCUT2D eigenvalue weighted by atomic mass is 9.75. The Labute approximate surface area is 182 Å². The highest BCUT2D eigenvalue weighted by molar-refractivity contribution is 6.11. The van der Waals surface area contributed by atoms with E-state index in [1.807, 2.05) is 69.3 Å². The fourth-order valence-corrected chi connectivity index (χ4v) is 4.39. The first-order valence-corrected chi connectivity index (χ1v) is 10.6. The highest BCUT2D eigenvalue weighted by Gasteiger charge is 2.44. The SMILES string of the molecule is COC(=O)[C@H]1C(=O)C2=C(C[C@H]1C)Nc1ccccc1N[C@@H]2c1ccc(OC(C)C)cc1. The molecule has 4 rings (SSSR count). The van der Waals surface area contributed by atoms with Crippen LogP contribution >= 0.6 is 0 Å². The molecule has 2 N–H and O–H groups in total. The Kier molecular flexibility index (Phi) is 5.72. The zero-order valence-electron chi connectivity index (χ0n) is 18.3. The maximum atomic E-state index is 13.6. The summed E-state index contributed by atoms with van der Waals surface area (Å²) in [4.78, 5) is 26.0. The van der Waals surface area contributed by atoms with Crippen LogP contribution in [0.25, 0.3) is 0 Å². The van der Waals surface area contributed by atoms with Gasteiger partial charge in [-0.15, -0.1) is 0 Å². The van der Waals surface area contributed by atoms with Gasteiger partial charge >= 0.3 is 5.97 Å². The number of ketones is 1. The Hall–Kier alpha value is -3.28. The number of carbonyl (C=O) groups excluding carboxylic acids is 2. The number of allylic oxidation sites excluding steroid dienone is 1. The quantitative estimate of drug-likeness (QED) is 0.551. The van der Waals surface area contributed by atoms with Crippen LogP contribution in [0, 0.1) is 11.8 Å². The number of hydrogen-bond donors (Lipinski definition) is 2. The maximum Gasteiger partial charge on any atom is 0.316 e. The molecule has 0 unspecified atom stereocenters. The van der Waals surface area contributed by atoms with E-state index in [4.69, 9.17) is 9.47 Å². The normalized spacial score (nSPS) is 22.6. The molecule has 1 aliphatic heterocycles. The number of hydrogen-bond acceptors (Lipinski definition) is 6. The van der Waals surface area contributed by atoms with Crippen LogP contribution in [0.2, 0.25) is 0 Å². The number of para-hydroxylation sites is 2. The molecule has 0 fully saturated rings. The third-order valence-corrected chi connectivity index (χ3v) is 5.81. The average Bonchev–Trinajstić information content (AvgIpc) is 2.90. The Morgan fingerprint density at radius 2 is 1.74 bits per heavy atom. The largest absolute Gasteiger partial charge is 0.491 e. The van der Waals surface area contributed by atoms with E-state index in [0.29, 0.717) is 12.0 Å². The summed E-state index contributed by atoms with van der Waals surface area (Å²) in [5.41, 5.74) is 4.17. The first-order valence-electron chi connectivity index (χ1n) is 10.6. The molecule has 31 heavy (non-hydrogen) atoms. The lowest BCUT2D eigenvalue weighted by Crippen LogP contribution is -2.39. The number of carbonyl (C=O) groups is 2. The number of methoxy groups -OCH3 is 1. The van der Waals surface area contributed by atoms with E-state index in [1.165, 1.54) is 7.11 Å². The zero-order valence-corrected chi connectivity index (χ0v) is 18.3. The fraction of sp³-hybridized carbons (Fsp3) is 0.360. The molecule has 0 saturated carbocycles. The molecule has 0 aromatic heterocycles. The number of nitrogens with one attached hydrogen (secondary N) is 2. The van der Waals surface area contributed by atoms with Crippen LogP contribution in [0.1, 0.15) is 38.8 Å². The topological polar surface area (TPSA) is 76.7 Å². The van der Waals surface area contributed by atoms with Gasteiger partial charge in [-0.25, -0.2) is 0 Å². The van der Waals surface area contributed by atoms with Gasteiger partial charge in [-0.05, 0) is 56.0 Å². The highest BCUT2D eigenvalue weighted by Crippen LogP contribution is 2.43. The van der Waals surface area contributed by atoms with E-state index in [-0.39, 0.29) is 17.8 Å².